The zero-order valence-corrected chi connectivity index (χ0v) is 17.3. The fourth-order valence-electron chi connectivity index (χ4n) is 4.67. The Balaban J connectivity index is 1.59. The number of nitrogens with zero attached hydrogens (tertiary/aromatic N) is 2. The molecule has 2 heterocycles. The average Bonchev–Trinajstić information content (AvgIpc) is 3.21. The average molecular weight is 401 g/mol. The van der Waals surface area contributed by atoms with Gasteiger partial charge in [-0.3, -0.25) is 4.57 Å². The number of methoxy groups -OCH3 is 2. The maximum absolute atomic E-state index is 5.64. The number of quaternary nitrogens is 1. The number of hydrogen-bond acceptors (Lipinski definition) is 3. The number of para-hydroxylation sites is 2. The van der Waals surface area contributed by atoms with Crippen LogP contribution in [0.2, 0.25) is 0 Å². The van der Waals surface area contributed by atoms with Gasteiger partial charge < -0.3 is 14.4 Å². The van der Waals surface area contributed by atoms with Crippen molar-refractivity contribution in [1.82, 2.24) is 9.55 Å². The third kappa shape index (κ3) is 3.21. The number of hydrogen-bond donors (Lipinski definition) is 1. The van der Waals surface area contributed by atoms with Gasteiger partial charge in [0.15, 0.2) is 18.2 Å². The lowest BCUT2D eigenvalue weighted by Crippen LogP contribution is -3.12. The predicted molar refractivity (Wildman–Crippen MR) is 117 cm³/mol. The van der Waals surface area contributed by atoms with Crippen molar-refractivity contribution < 1.29 is 14.4 Å². The molecule has 0 radical (unpaired) electrons. The highest BCUT2D eigenvalue weighted by Gasteiger charge is 2.34. The molecule has 0 saturated carbocycles. The summed E-state index contributed by atoms with van der Waals surface area (Å²) in [5.74, 6) is 1.58. The van der Waals surface area contributed by atoms with Crippen LogP contribution < -0.4 is 14.4 Å². The summed E-state index contributed by atoms with van der Waals surface area (Å²) >= 11 is 0. The van der Waals surface area contributed by atoms with E-state index in [2.05, 4.69) is 70.2 Å². The zero-order valence-electron chi connectivity index (χ0n) is 17.3. The summed E-state index contributed by atoms with van der Waals surface area (Å²) in [6.45, 7) is 1.89. The SMILES string of the molecule is COc1cc2c(cc1OC)[C@H](c1ccccc1)[NH+](Cn1cnc3ccccc31)CC2. The van der Waals surface area contributed by atoms with E-state index in [1.165, 1.54) is 27.1 Å². The Labute approximate surface area is 176 Å². The summed E-state index contributed by atoms with van der Waals surface area (Å²) in [6.07, 6.45) is 2.96. The van der Waals surface area contributed by atoms with E-state index in [0.29, 0.717) is 0 Å². The molecule has 3 aromatic carbocycles. The molecule has 0 aliphatic carbocycles. The van der Waals surface area contributed by atoms with E-state index in [4.69, 9.17) is 9.47 Å². The molecule has 0 fully saturated rings. The lowest BCUT2D eigenvalue weighted by atomic mass is 9.88. The summed E-state index contributed by atoms with van der Waals surface area (Å²) in [6, 6.07) is 23.6. The van der Waals surface area contributed by atoms with Crippen LogP contribution in [0.1, 0.15) is 22.7 Å². The summed E-state index contributed by atoms with van der Waals surface area (Å²) in [5.41, 5.74) is 6.17. The Morgan fingerprint density at radius 3 is 2.50 bits per heavy atom. The van der Waals surface area contributed by atoms with Crippen LogP contribution in [0.15, 0.2) is 73.1 Å². The van der Waals surface area contributed by atoms with Crippen LogP contribution in [-0.2, 0) is 13.1 Å². The van der Waals surface area contributed by atoms with Gasteiger partial charge in [0.2, 0.25) is 0 Å². The van der Waals surface area contributed by atoms with E-state index in [-0.39, 0.29) is 6.04 Å². The van der Waals surface area contributed by atoms with Gasteiger partial charge in [0.05, 0.1) is 31.8 Å². The lowest BCUT2D eigenvalue weighted by molar-refractivity contribution is -0.949. The Morgan fingerprint density at radius 2 is 1.70 bits per heavy atom. The molecular weight excluding hydrogens is 374 g/mol. The largest absolute Gasteiger partial charge is 0.493 e. The molecule has 1 aliphatic rings. The molecule has 30 heavy (non-hydrogen) atoms. The zero-order chi connectivity index (χ0) is 20.5. The Bertz CT molecular complexity index is 1170. The van der Waals surface area contributed by atoms with Crippen LogP contribution >= 0.6 is 0 Å². The van der Waals surface area contributed by atoms with Crippen LogP contribution in [0.5, 0.6) is 11.5 Å². The van der Waals surface area contributed by atoms with Crippen molar-refractivity contribution >= 4 is 11.0 Å². The van der Waals surface area contributed by atoms with Crippen molar-refractivity contribution in [1.29, 1.82) is 0 Å². The molecule has 1 N–H and O–H groups in total. The van der Waals surface area contributed by atoms with E-state index < -0.39 is 0 Å². The molecule has 5 rings (SSSR count). The van der Waals surface area contributed by atoms with Crippen molar-refractivity contribution in [2.24, 2.45) is 0 Å². The second-order valence-electron chi connectivity index (χ2n) is 7.77. The molecule has 5 nitrogen and oxygen atoms in total. The lowest BCUT2D eigenvalue weighted by Gasteiger charge is -2.35. The number of benzene rings is 3. The van der Waals surface area contributed by atoms with Crippen LogP contribution in [0, 0.1) is 0 Å². The molecule has 0 bridgehead atoms. The summed E-state index contributed by atoms with van der Waals surface area (Å²) < 4.78 is 13.5. The van der Waals surface area contributed by atoms with E-state index in [0.717, 1.165) is 36.6 Å². The maximum Gasteiger partial charge on any atom is 0.161 e. The van der Waals surface area contributed by atoms with Crippen molar-refractivity contribution in [3.05, 3.63) is 89.7 Å². The quantitative estimate of drug-likeness (QED) is 0.559. The van der Waals surface area contributed by atoms with Gasteiger partial charge in [-0.25, -0.2) is 4.98 Å². The van der Waals surface area contributed by atoms with Gasteiger partial charge in [-0.2, -0.15) is 0 Å². The second kappa shape index (κ2) is 7.84. The first kappa shape index (κ1) is 18.7. The molecule has 5 heteroatoms. The molecule has 1 aliphatic heterocycles. The number of aromatic nitrogens is 2. The van der Waals surface area contributed by atoms with Gasteiger partial charge in [-0.15, -0.1) is 0 Å². The Kier molecular flexibility index (Phi) is 4.89. The molecule has 1 unspecified atom stereocenters. The highest BCUT2D eigenvalue weighted by Crippen LogP contribution is 2.36. The molecule has 1 aromatic heterocycles. The standard InChI is InChI=1S/C25H25N3O2/c1-29-23-14-19-12-13-27(17-28-16-26-21-10-6-7-11-22(21)28)25(18-8-4-3-5-9-18)20(19)15-24(23)30-2/h3-11,14-16,25H,12-13,17H2,1-2H3/p+1/t25-/m0/s1. The minimum absolute atomic E-state index is 0.218. The van der Waals surface area contributed by atoms with Crippen molar-refractivity contribution in [3.8, 4) is 11.5 Å². The summed E-state index contributed by atoms with van der Waals surface area (Å²) in [7, 11) is 3.40. The summed E-state index contributed by atoms with van der Waals surface area (Å²) in [5, 5.41) is 0. The highest BCUT2D eigenvalue weighted by molar-refractivity contribution is 5.74. The maximum atomic E-state index is 5.64. The molecule has 0 saturated heterocycles. The van der Waals surface area contributed by atoms with Crippen LogP contribution in [0.3, 0.4) is 0 Å². The molecule has 2 atom stereocenters. The molecule has 0 amide bonds. The first-order chi connectivity index (χ1) is 14.8. The van der Waals surface area contributed by atoms with Crippen molar-refractivity contribution in [3.63, 3.8) is 0 Å². The number of imidazole rings is 1. The number of fused-ring (bicyclic) bond motifs is 2. The van der Waals surface area contributed by atoms with Crippen molar-refractivity contribution in [2.75, 3.05) is 20.8 Å². The van der Waals surface area contributed by atoms with E-state index in [1.54, 1.807) is 14.2 Å². The Morgan fingerprint density at radius 1 is 0.967 bits per heavy atom. The number of ether oxygens (including phenoxy) is 2. The predicted octanol–water partition coefficient (Wildman–Crippen LogP) is 3.24. The van der Waals surface area contributed by atoms with Crippen LogP contribution in [0.4, 0.5) is 0 Å². The van der Waals surface area contributed by atoms with Gasteiger partial charge in [-0.1, -0.05) is 42.5 Å². The minimum atomic E-state index is 0.218. The minimum Gasteiger partial charge on any atom is -0.493 e. The van der Waals surface area contributed by atoms with E-state index in [9.17, 15) is 0 Å². The first-order valence-electron chi connectivity index (χ1n) is 10.3. The van der Waals surface area contributed by atoms with Crippen LogP contribution in [0.25, 0.3) is 11.0 Å². The molecule has 152 valence electrons. The van der Waals surface area contributed by atoms with Crippen LogP contribution in [-0.4, -0.2) is 30.3 Å². The van der Waals surface area contributed by atoms with Gasteiger partial charge in [0.1, 0.15) is 12.4 Å². The fourth-order valence-corrected chi connectivity index (χ4v) is 4.67. The molecule has 0 spiro atoms. The molecular formula is C25H26N3O2+. The van der Waals surface area contributed by atoms with Gasteiger partial charge >= 0.3 is 0 Å². The topological polar surface area (TPSA) is 40.7 Å². The van der Waals surface area contributed by atoms with Gasteiger partial charge in [0.25, 0.3) is 0 Å². The van der Waals surface area contributed by atoms with E-state index in [1.807, 2.05) is 12.4 Å². The Hall–Kier alpha value is -3.31. The third-order valence-electron chi connectivity index (χ3n) is 6.11. The first-order valence-corrected chi connectivity index (χ1v) is 10.3. The number of nitrogens with one attached hydrogen (secondary N) is 1. The van der Waals surface area contributed by atoms with Crippen molar-refractivity contribution in [2.45, 2.75) is 19.1 Å². The molecule has 4 aromatic rings. The fraction of sp³-hybridized carbons (Fsp3) is 0.240. The number of rotatable bonds is 5. The van der Waals surface area contributed by atoms with Gasteiger partial charge in [-0.05, 0) is 29.8 Å². The van der Waals surface area contributed by atoms with Gasteiger partial charge in [0, 0.05) is 17.5 Å². The second-order valence-corrected chi connectivity index (χ2v) is 7.77. The normalized spacial score (nSPS) is 18.2. The van der Waals surface area contributed by atoms with E-state index >= 15 is 0 Å². The summed E-state index contributed by atoms with van der Waals surface area (Å²) in [4.78, 5) is 6.08. The highest BCUT2D eigenvalue weighted by atomic mass is 16.5. The smallest absolute Gasteiger partial charge is 0.161 e. The monoisotopic (exact) mass is 400 g/mol. The third-order valence-corrected chi connectivity index (χ3v) is 6.11.